The summed E-state index contributed by atoms with van der Waals surface area (Å²) in [7, 11) is 0. The van der Waals surface area contributed by atoms with Crippen LogP contribution in [0.2, 0.25) is 0 Å². The van der Waals surface area contributed by atoms with Crippen molar-refractivity contribution < 1.29 is 4.79 Å². The van der Waals surface area contributed by atoms with Crippen molar-refractivity contribution in [3.8, 4) is 6.07 Å². The summed E-state index contributed by atoms with van der Waals surface area (Å²) in [6.45, 7) is 4.14. The quantitative estimate of drug-likeness (QED) is 0.882. The highest BCUT2D eigenvalue weighted by molar-refractivity contribution is 9.10. The first-order chi connectivity index (χ1) is 10.0. The van der Waals surface area contributed by atoms with Crippen LogP contribution in [0.4, 0.5) is 0 Å². The second-order valence-electron chi connectivity index (χ2n) is 5.94. The van der Waals surface area contributed by atoms with Crippen molar-refractivity contribution in [1.82, 2.24) is 5.32 Å². The van der Waals surface area contributed by atoms with Gasteiger partial charge in [0.15, 0.2) is 0 Å². The number of amides is 1. The molecule has 0 aromatic heterocycles. The Morgan fingerprint density at radius 3 is 2.71 bits per heavy atom. The van der Waals surface area contributed by atoms with E-state index in [9.17, 15) is 10.1 Å². The van der Waals surface area contributed by atoms with Gasteiger partial charge in [0, 0.05) is 4.47 Å². The second kappa shape index (κ2) is 6.62. The number of nitrogens with one attached hydrogen (secondary N) is 1. The molecule has 2 rings (SSSR count). The average molecular weight is 349 g/mol. The molecule has 0 unspecified atom stereocenters. The molecule has 1 N–H and O–H groups in total. The molecule has 4 heteroatoms. The Kier molecular flexibility index (Phi) is 5.05. The Bertz CT molecular complexity index is 569. The highest BCUT2D eigenvalue weighted by atomic mass is 79.9. The molecule has 21 heavy (non-hydrogen) atoms. The van der Waals surface area contributed by atoms with Crippen molar-refractivity contribution in [3.63, 3.8) is 0 Å². The Morgan fingerprint density at radius 2 is 2.14 bits per heavy atom. The number of hydrogen-bond donors (Lipinski definition) is 1. The normalized spacial score (nSPS) is 25.1. The van der Waals surface area contributed by atoms with E-state index in [4.69, 9.17) is 0 Å². The molecule has 3 nitrogen and oxygen atoms in total. The van der Waals surface area contributed by atoms with Crippen molar-refractivity contribution in [3.05, 3.63) is 33.8 Å². The molecule has 0 bridgehead atoms. The van der Waals surface area contributed by atoms with Gasteiger partial charge in [-0.1, -0.05) is 25.5 Å². The molecular formula is C17H21BrN2O. The lowest BCUT2D eigenvalue weighted by atomic mass is 9.76. The van der Waals surface area contributed by atoms with Gasteiger partial charge in [-0.25, -0.2) is 0 Å². The van der Waals surface area contributed by atoms with E-state index >= 15 is 0 Å². The van der Waals surface area contributed by atoms with Crippen molar-refractivity contribution in [2.75, 3.05) is 0 Å². The topological polar surface area (TPSA) is 52.9 Å². The maximum Gasteiger partial charge on any atom is 0.253 e. The maximum atomic E-state index is 12.5. The molecule has 0 atom stereocenters. The van der Waals surface area contributed by atoms with Gasteiger partial charge < -0.3 is 5.32 Å². The Labute approximate surface area is 134 Å². The fourth-order valence-electron chi connectivity index (χ4n) is 2.95. The zero-order valence-electron chi connectivity index (χ0n) is 12.6. The van der Waals surface area contributed by atoms with Crippen LogP contribution in [0.5, 0.6) is 0 Å². The van der Waals surface area contributed by atoms with Crippen LogP contribution in [0.1, 0.15) is 54.9 Å². The monoisotopic (exact) mass is 348 g/mol. The number of benzene rings is 1. The molecule has 1 saturated carbocycles. The molecular weight excluding hydrogens is 328 g/mol. The Morgan fingerprint density at radius 1 is 1.48 bits per heavy atom. The molecule has 1 aliphatic rings. The minimum absolute atomic E-state index is 0.165. The summed E-state index contributed by atoms with van der Waals surface area (Å²) in [6.07, 6.45) is 4.67. The van der Waals surface area contributed by atoms with Gasteiger partial charge >= 0.3 is 0 Å². The SMILES string of the molecule is CCC1CCC(C#N)(NC(=O)c2cccc(C)c2Br)CC1. The summed E-state index contributed by atoms with van der Waals surface area (Å²) in [4.78, 5) is 12.5. The van der Waals surface area contributed by atoms with Crippen molar-refractivity contribution in [1.29, 1.82) is 5.26 Å². The number of hydrogen-bond acceptors (Lipinski definition) is 2. The molecule has 0 spiro atoms. The number of nitriles is 1. The zero-order valence-corrected chi connectivity index (χ0v) is 14.2. The summed E-state index contributed by atoms with van der Waals surface area (Å²) in [6, 6.07) is 7.95. The Balaban J connectivity index is 2.14. The smallest absolute Gasteiger partial charge is 0.253 e. The minimum Gasteiger partial charge on any atom is -0.334 e. The average Bonchev–Trinajstić information content (AvgIpc) is 2.50. The summed E-state index contributed by atoms with van der Waals surface area (Å²) < 4.78 is 0.804. The molecule has 1 amide bonds. The van der Waals surface area contributed by atoms with Gasteiger partial charge in [-0.05, 0) is 66.1 Å². The van der Waals surface area contributed by atoms with Gasteiger partial charge in [-0.2, -0.15) is 5.26 Å². The van der Waals surface area contributed by atoms with Crippen LogP contribution in [-0.2, 0) is 0 Å². The fraction of sp³-hybridized carbons (Fsp3) is 0.529. The summed E-state index contributed by atoms with van der Waals surface area (Å²) in [5.74, 6) is 0.524. The fourth-order valence-corrected chi connectivity index (χ4v) is 3.40. The molecule has 112 valence electrons. The maximum absolute atomic E-state index is 12.5. The summed E-state index contributed by atoms with van der Waals surface area (Å²) in [5, 5.41) is 12.5. The molecule has 0 radical (unpaired) electrons. The number of carbonyl (C=O) groups excluding carboxylic acids is 1. The van der Waals surface area contributed by atoms with Gasteiger partial charge in [-0.15, -0.1) is 0 Å². The van der Waals surface area contributed by atoms with E-state index in [1.807, 2.05) is 19.1 Å². The van der Waals surface area contributed by atoms with Crippen LogP contribution in [-0.4, -0.2) is 11.4 Å². The molecule has 0 heterocycles. The molecule has 1 aromatic carbocycles. The first kappa shape index (κ1) is 16.0. The van der Waals surface area contributed by atoms with E-state index in [1.54, 1.807) is 6.07 Å². The van der Waals surface area contributed by atoms with Crippen molar-refractivity contribution in [2.45, 2.75) is 51.5 Å². The van der Waals surface area contributed by atoms with Crippen LogP contribution >= 0.6 is 15.9 Å². The predicted octanol–water partition coefficient (Wildman–Crippen LogP) is 4.35. The molecule has 1 aromatic rings. The van der Waals surface area contributed by atoms with E-state index in [1.165, 1.54) is 0 Å². The number of aryl methyl sites for hydroxylation is 1. The van der Waals surface area contributed by atoms with Crippen LogP contribution in [0.15, 0.2) is 22.7 Å². The van der Waals surface area contributed by atoms with Crippen LogP contribution in [0.25, 0.3) is 0 Å². The third kappa shape index (κ3) is 3.47. The highest BCUT2D eigenvalue weighted by Gasteiger charge is 2.36. The lowest BCUT2D eigenvalue weighted by molar-refractivity contribution is 0.0890. The number of halogens is 1. The van der Waals surface area contributed by atoms with E-state index in [0.717, 1.165) is 42.1 Å². The lowest BCUT2D eigenvalue weighted by Crippen LogP contribution is -2.49. The van der Waals surface area contributed by atoms with Crippen LogP contribution < -0.4 is 5.32 Å². The van der Waals surface area contributed by atoms with Gasteiger partial charge in [-0.3, -0.25) is 4.79 Å². The highest BCUT2D eigenvalue weighted by Crippen LogP contribution is 2.34. The largest absolute Gasteiger partial charge is 0.334 e. The third-order valence-corrected chi connectivity index (χ3v) is 5.59. The predicted molar refractivity (Wildman–Crippen MR) is 86.9 cm³/mol. The van der Waals surface area contributed by atoms with Crippen molar-refractivity contribution in [2.24, 2.45) is 5.92 Å². The Hall–Kier alpha value is -1.34. The van der Waals surface area contributed by atoms with E-state index in [-0.39, 0.29) is 5.91 Å². The van der Waals surface area contributed by atoms with Crippen molar-refractivity contribution >= 4 is 21.8 Å². The van der Waals surface area contributed by atoms with E-state index in [0.29, 0.717) is 11.5 Å². The first-order valence-electron chi connectivity index (χ1n) is 7.50. The lowest BCUT2D eigenvalue weighted by Gasteiger charge is -2.35. The zero-order chi connectivity index (χ0) is 15.5. The summed E-state index contributed by atoms with van der Waals surface area (Å²) >= 11 is 3.46. The van der Waals surface area contributed by atoms with E-state index < -0.39 is 5.54 Å². The van der Waals surface area contributed by atoms with Crippen LogP contribution in [0.3, 0.4) is 0 Å². The number of rotatable bonds is 3. The van der Waals surface area contributed by atoms with Gasteiger partial charge in [0.2, 0.25) is 0 Å². The molecule has 0 aliphatic heterocycles. The third-order valence-electron chi connectivity index (χ3n) is 4.54. The van der Waals surface area contributed by atoms with E-state index in [2.05, 4.69) is 34.2 Å². The van der Waals surface area contributed by atoms with Gasteiger partial charge in [0.05, 0.1) is 11.6 Å². The molecule has 1 fully saturated rings. The van der Waals surface area contributed by atoms with Gasteiger partial charge in [0.25, 0.3) is 5.91 Å². The molecule has 0 saturated heterocycles. The first-order valence-corrected chi connectivity index (χ1v) is 8.29. The number of nitrogens with zero attached hydrogens (tertiary/aromatic N) is 1. The number of carbonyl (C=O) groups is 1. The summed E-state index contributed by atoms with van der Waals surface area (Å²) in [5.41, 5.74) is 0.914. The second-order valence-corrected chi connectivity index (χ2v) is 6.73. The molecule has 1 aliphatic carbocycles. The van der Waals surface area contributed by atoms with Gasteiger partial charge in [0.1, 0.15) is 5.54 Å². The van der Waals surface area contributed by atoms with Crippen LogP contribution in [0, 0.1) is 24.2 Å². The standard InChI is InChI=1S/C17H21BrN2O/c1-3-13-7-9-17(11-19,10-8-13)20-16(21)14-6-4-5-12(2)15(14)18/h4-6,13H,3,7-10H2,1-2H3,(H,20,21). The minimum atomic E-state index is -0.702.